The molecule has 2 aromatic carbocycles. The predicted octanol–water partition coefficient (Wildman–Crippen LogP) is 4.73. The molecule has 2 aromatic rings. The lowest BCUT2D eigenvalue weighted by Gasteiger charge is -2.19. The highest BCUT2D eigenvalue weighted by molar-refractivity contribution is 7.98. The van der Waals surface area contributed by atoms with Crippen molar-refractivity contribution in [3.8, 4) is 5.75 Å². The standard InChI is InChI=1S/C16H18FNOS/c1-11(16-14(17)8-5-9-15(16)19-2)18-12-6-4-7-13(10-12)20-3/h4-11,18H,1-3H3. The topological polar surface area (TPSA) is 21.3 Å². The van der Waals surface area contributed by atoms with E-state index < -0.39 is 0 Å². The van der Waals surface area contributed by atoms with Gasteiger partial charge in [0.2, 0.25) is 0 Å². The van der Waals surface area contributed by atoms with E-state index in [1.54, 1.807) is 31.0 Å². The molecule has 0 aromatic heterocycles. The molecular formula is C16H18FNOS. The maximum atomic E-state index is 14.0. The van der Waals surface area contributed by atoms with Crippen molar-refractivity contribution >= 4 is 17.4 Å². The Hall–Kier alpha value is -1.68. The van der Waals surface area contributed by atoms with Gasteiger partial charge in [0, 0.05) is 10.6 Å². The lowest BCUT2D eigenvalue weighted by atomic mass is 10.1. The quantitative estimate of drug-likeness (QED) is 0.805. The number of hydrogen-bond acceptors (Lipinski definition) is 3. The Labute approximate surface area is 123 Å². The van der Waals surface area contributed by atoms with Crippen LogP contribution in [0, 0.1) is 5.82 Å². The zero-order valence-electron chi connectivity index (χ0n) is 11.8. The molecule has 0 bridgehead atoms. The average molecular weight is 291 g/mol. The summed E-state index contributed by atoms with van der Waals surface area (Å²) in [6.07, 6.45) is 2.03. The van der Waals surface area contributed by atoms with Gasteiger partial charge in [-0.2, -0.15) is 0 Å². The van der Waals surface area contributed by atoms with E-state index >= 15 is 0 Å². The normalized spacial score (nSPS) is 12.0. The molecule has 0 fully saturated rings. The van der Waals surface area contributed by atoms with Crippen molar-refractivity contribution in [1.29, 1.82) is 0 Å². The van der Waals surface area contributed by atoms with E-state index in [-0.39, 0.29) is 11.9 Å². The van der Waals surface area contributed by atoms with Crippen LogP contribution in [0.4, 0.5) is 10.1 Å². The second-order valence-electron chi connectivity index (χ2n) is 4.45. The number of benzene rings is 2. The number of ether oxygens (including phenoxy) is 1. The summed E-state index contributed by atoms with van der Waals surface area (Å²) < 4.78 is 19.3. The Morgan fingerprint density at radius 2 is 1.95 bits per heavy atom. The van der Waals surface area contributed by atoms with E-state index in [0.29, 0.717) is 11.3 Å². The fraction of sp³-hybridized carbons (Fsp3) is 0.250. The highest BCUT2D eigenvalue weighted by atomic mass is 32.2. The summed E-state index contributed by atoms with van der Waals surface area (Å²) in [5.41, 5.74) is 1.51. The van der Waals surface area contributed by atoms with Gasteiger partial charge in [0.05, 0.1) is 18.7 Å². The number of anilines is 1. The van der Waals surface area contributed by atoms with E-state index in [1.165, 1.54) is 11.0 Å². The first-order chi connectivity index (χ1) is 9.65. The van der Waals surface area contributed by atoms with Crippen LogP contribution < -0.4 is 10.1 Å². The smallest absolute Gasteiger partial charge is 0.132 e. The average Bonchev–Trinajstić information content (AvgIpc) is 2.46. The Balaban J connectivity index is 2.25. The Kier molecular flexibility index (Phi) is 4.90. The zero-order chi connectivity index (χ0) is 14.5. The third-order valence-corrected chi connectivity index (χ3v) is 3.84. The van der Waals surface area contributed by atoms with E-state index in [0.717, 1.165) is 5.69 Å². The molecule has 20 heavy (non-hydrogen) atoms. The van der Waals surface area contributed by atoms with Crippen molar-refractivity contribution in [3.63, 3.8) is 0 Å². The van der Waals surface area contributed by atoms with Crippen LogP contribution in [0.2, 0.25) is 0 Å². The van der Waals surface area contributed by atoms with Crippen LogP contribution >= 0.6 is 11.8 Å². The Morgan fingerprint density at radius 1 is 1.20 bits per heavy atom. The van der Waals surface area contributed by atoms with Gasteiger partial charge in [0.15, 0.2) is 0 Å². The summed E-state index contributed by atoms with van der Waals surface area (Å²) >= 11 is 1.68. The molecule has 1 unspecified atom stereocenters. The van der Waals surface area contributed by atoms with Gasteiger partial charge >= 0.3 is 0 Å². The highest BCUT2D eigenvalue weighted by Crippen LogP contribution is 2.30. The zero-order valence-corrected chi connectivity index (χ0v) is 12.6. The van der Waals surface area contributed by atoms with Gasteiger partial charge in [-0.05, 0) is 43.5 Å². The molecule has 0 aliphatic rings. The molecule has 0 aliphatic heterocycles. The molecule has 0 spiro atoms. The summed E-state index contributed by atoms with van der Waals surface area (Å²) in [5.74, 6) is 0.302. The lowest BCUT2D eigenvalue weighted by molar-refractivity contribution is 0.402. The van der Waals surface area contributed by atoms with E-state index in [2.05, 4.69) is 11.4 Å². The van der Waals surface area contributed by atoms with E-state index in [9.17, 15) is 4.39 Å². The summed E-state index contributed by atoms with van der Waals surface area (Å²) in [5, 5.41) is 3.32. The maximum Gasteiger partial charge on any atom is 0.132 e. The number of halogens is 1. The third-order valence-electron chi connectivity index (χ3n) is 3.12. The van der Waals surface area contributed by atoms with Gasteiger partial charge in [-0.15, -0.1) is 11.8 Å². The molecular weight excluding hydrogens is 273 g/mol. The molecule has 0 heterocycles. The third kappa shape index (κ3) is 3.25. The van der Waals surface area contributed by atoms with E-state index in [1.807, 2.05) is 31.4 Å². The first kappa shape index (κ1) is 14.7. The summed E-state index contributed by atoms with van der Waals surface area (Å²) in [6.45, 7) is 1.92. The van der Waals surface area contributed by atoms with Crippen LogP contribution in [-0.4, -0.2) is 13.4 Å². The Bertz CT molecular complexity index is 588. The molecule has 4 heteroatoms. The van der Waals surface area contributed by atoms with Crippen molar-refractivity contribution < 1.29 is 9.13 Å². The first-order valence-corrected chi connectivity index (χ1v) is 7.61. The fourth-order valence-electron chi connectivity index (χ4n) is 2.15. The second-order valence-corrected chi connectivity index (χ2v) is 5.33. The number of methoxy groups -OCH3 is 1. The lowest BCUT2D eigenvalue weighted by Crippen LogP contribution is -2.10. The van der Waals surface area contributed by atoms with Crippen LogP contribution in [0.1, 0.15) is 18.5 Å². The van der Waals surface area contributed by atoms with Crippen molar-refractivity contribution in [2.75, 3.05) is 18.7 Å². The number of thioether (sulfide) groups is 1. The minimum atomic E-state index is -0.259. The van der Waals surface area contributed by atoms with Gasteiger partial charge in [-0.3, -0.25) is 0 Å². The second kappa shape index (κ2) is 6.66. The van der Waals surface area contributed by atoms with Gasteiger partial charge < -0.3 is 10.1 Å². The van der Waals surface area contributed by atoms with Crippen LogP contribution in [0.25, 0.3) is 0 Å². The summed E-state index contributed by atoms with van der Waals surface area (Å²) in [4.78, 5) is 1.17. The van der Waals surface area contributed by atoms with Crippen molar-refractivity contribution in [2.24, 2.45) is 0 Å². The number of nitrogens with one attached hydrogen (secondary N) is 1. The molecule has 1 N–H and O–H groups in total. The fourth-order valence-corrected chi connectivity index (χ4v) is 2.61. The van der Waals surface area contributed by atoms with Gasteiger partial charge in [-0.25, -0.2) is 4.39 Å². The first-order valence-electron chi connectivity index (χ1n) is 6.38. The Morgan fingerprint density at radius 3 is 2.65 bits per heavy atom. The summed E-state index contributed by atoms with van der Waals surface area (Å²) in [6, 6.07) is 12.8. The number of hydrogen-bond donors (Lipinski definition) is 1. The SMILES string of the molecule is COc1cccc(F)c1C(C)Nc1cccc(SC)c1. The molecule has 2 nitrogen and oxygen atoms in total. The largest absolute Gasteiger partial charge is 0.496 e. The molecule has 1 atom stereocenters. The molecule has 0 saturated heterocycles. The number of rotatable bonds is 5. The molecule has 0 amide bonds. The monoisotopic (exact) mass is 291 g/mol. The minimum Gasteiger partial charge on any atom is -0.496 e. The highest BCUT2D eigenvalue weighted by Gasteiger charge is 2.16. The van der Waals surface area contributed by atoms with E-state index in [4.69, 9.17) is 4.74 Å². The molecule has 2 rings (SSSR count). The molecule has 0 radical (unpaired) electrons. The van der Waals surface area contributed by atoms with Gasteiger partial charge in [0.1, 0.15) is 11.6 Å². The van der Waals surface area contributed by atoms with Crippen molar-refractivity contribution in [1.82, 2.24) is 0 Å². The molecule has 106 valence electrons. The predicted molar refractivity (Wildman–Crippen MR) is 83.2 cm³/mol. The molecule has 0 saturated carbocycles. The summed E-state index contributed by atoms with van der Waals surface area (Å²) in [7, 11) is 1.55. The van der Waals surface area contributed by atoms with Crippen LogP contribution in [0.5, 0.6) is 5.75 Å². The van der Waals surface area contributed by atoms with Crippen LogP contribution in [0.3, 0.4) is 0 Å². The van der Waals surface area contributed by atoms with Gasteiger partial charge in [0.25, 0.3) is 0 Å². The minimum absolute atomic E-state index is 0.178. The van der Waals surface area contributed by atoms with Crippen LogP contribution in [-0.2, 0) is 0 Å². The van der Waals surface area contributed by atoms with Crippen molar-refractivity contribution in [3.05, 3.63) is 53.8 Å². The van der Waals surface area contributed by atoms with Crippen molar-refractivity contribution in [2.45, 2.75) is 17.9 Å². The van der Waals surface area contributed by atoms with Crippen LogP contribution in [0.15, 0.2) is 47.4 Å². The maximum absolute atomic E-state index is 14.0. The van der Waals surface area contributed by atoms with Gasteiger partial charge in [-0.1, -0.05) is 12.1 Å². The molecule has 0 aliphatic carbocycles.